The van der Waals surface area contributed by atoms with E-state index in [0.29, 0.717) is 32.5 Å². The zero-order valence-electron chi connectivity index (χ0n) is 16.3. The molecule has 1 aromatic rings. The van der Waals surface area contributed by atoms with Gasteiger partial charge in [0.25, 0.3) is 0 Å². The molecule has 1 aliphatic rings. The smallest absolute Gasteiger partial charge is 0.309 e. The summed E-state index contributed by atoms with van der Waals surface area (Å²) in [5.74, 6) is -1.30. The molecule has 7 nitrogen and oxygen atoms in total. The minimum atomic E-state index is -0.673. The minimum absolute atomic E-state index is 0.0348. The number of nitrogens with one attached hydrogen (secondary N) is 2. The standard InChI is InChI=1S/C20H29N3O4/c1-20(2,3)22-19(26)18(25)21-11-7-10-17(24)23-12-13-27-16(14-23)15-8-5-4-6-9-15/h4-6,8-9,16H,7,10-14H2,1-3H3,(H,21,25)(H,22,26). The van der Waals surface area contributed by atoms with E-state index in [2.05, 4.69) is 10.6 Å². The van der Waals surface area contributed by atoms with Gasteiger partial charge in [-0.2, -0.15) is 0 Å². The van der Waals surface area contributed by atoms with Crippen LogP contribution in [-0.4, -0.2) is 54.4 Å². The van der Waals surface area contributed by atoms with E-state index < -0.39 is 17.4 Å². The SMILES string of the molecule is CC(C)(C)NC(=O)C(=O)NCCCC(=O)N1CCOC(c2ccccc2)C1. The van der Waals surface area contributed by atoms with E-state index in [0.717, 1.165) is 5.56 Å². The van der Waals surface area contributed by atoms with Gasteiger partial charge >= 0.3 is 11.8 Å². The summed E-state index contributed by atoms with van der Waals surface area (Å²) < 4.78 is 5.77. The molecule has 0 aromatic heterocycles. The summed E-state index contributed by atoms with van der Waals surface area (Å²) in [5, 5.41) is 5.15. The monoisotopic (exact) mass is 375 g/mol. The van der Waals surface area contributed by atoms with Crippen molar-refractivity contribution < 1.29 is 19.1 Å². The number of nitrogens with zero attached hydrogens (tertiary/aromatic N) is 1. The maximum atomic E-state index is 12.4. The van der Waals surface area contributed by atoms with Crippen molar-refractivity contribution in [2.24, 2.45) is 0 Å². The summed E-state index contributed by atoms with van der Waals surface area (Å²) in [6.45, 7) is 7.32. The number of hydrogen-bond donors (Lipinski definition) is 2. The quantitative estimate of drug-likeness (QED) is 0.601. The first-order valence-corrected chi connectivity index (χ1v) is 9.31. The fourth-order valence-corrected chi connectivity index (χ4v) is 2.82. The molecule has 1 atom stereocenters. The Bertz CT molecular complexity index is 655. The number of carbonyl (C=O) groups is 3. The van der Waals surface area contributed by atoms with Crippen LogP contribution in [0, 0.1) is 0 Å². The summed E-state index contributed by atoms with van der Waals surface area (Å²) in [4.78, 5) is 37.6. The molecular formula is C20H29N3O4. The van der Waals surface area contributed by atoms with Gasteiger partial charge in [0.05, 0.1) is 13.2 Å². The molecule has 148 valence electrons. The number of benzene rings is 1. The zero-order chi connectivity index (χ0) is 19.9. The van der Waals surface area contributed by atoms with Gasteiger partial charge in [-0.1, -0.05) is 30.3 Å². The van der Waals surface area contributed by atoms with Crippen LogP contribution in [0.1, 0.15) is 45.3 Å². The Morgan fingerprint density at radius 3 is 2.52 bits per heavy atom. The molecular weight excluding hydrogens is 346 g/mol. The Balaban J connectivity index is 1.71. The molecule has 1 fully saturated rings. The maximum absolute atomic E-state index is 12.4. The van der Waals surface area contributed by atoms with Gasteiger partial charge in [-0.25, -0.2) is 0 Å². The Kier molecular flexibility index (Phi) is 7.36. The lowest BCUT2D eigenvalue weighted by Gasteiger charge is -2.33. The van der Waals surface area contributed by atoms with Crippen LogP contribution in [0.25, 0.3) is 0 Å². The average Bonchev–Trinajstić information content (AvgIpc) is 2.64. The van der Waals surface area contributed by atoms with Gasteiger partial charge in [0, 0.05) is 25.0 Å². The molecule has 7 heteroatoms. The highest BCUT2D eigenvalue weighted by Crippen LogP contribution is 2.22. The van der Waals surface area contributed by atoms with Gasteiger partial charge in [-0.3, -0.25) is 14.4 Å². The molecule has 3 amide bonds. The van der Waals surface area contributed by atoms with Crippen LogP contribution >= 0.6 is 0 Å². The number of carbonyl (C=O) groups excluding carboxylic acids is 3. The van der Waals surface area contributed by atoms with Gasteiger partial charge in [0.1, 0.15) is 6.10 Å². The third kappa shape index (κ3) is 7.02. The molecule has 0 bridgehead atoms. The number of hydrogen-bond acceptors (Lipinski definition) is 4. The highest BCUT2D eigenvalue weighted by atomic mass is 16.5. The number of amides is 3. The summed E-state index contributed by atoms with van der Waals surface area (Å²) >= 11 is 0. The molecule has 0 radical (unpaired) electrons. The predicted molar refractivity (Wildman–Crippen MR) is 102 cm³/mol. The van der Waals surface area contributed by atoms with Crippen LogP contribution < -0.4 is 10.6 Å². The molecule has 1 unspecified atom stereocenters. The first-order valence-electron chi connectivity index (χ1n) is 9.31. The topological polar surface area (TPSA) is 87.7 Å². The van der Waals surface area contributed by atoms with Crippen molar-refractivity contribution in [2.75, 3.05) is 26.2 Å². The second-order valence-electron chi connectivity index (χ2n) is 7.67. The lowest BCUT2D eigenvalue weighted by atomic mass is 10.1. The normalized spacial score (nSPS) is 17.3. The van der Waals surface area contributed by atoms with E-state index in [1.807, 2.05) is 51.1 Å². The van der Waals surface area contributed by atoms with Gasteiger partial charge < -0.3 is 20.3 Å². The van der Waals surface area contributed by atoms with Crippen molar-refractivity contribution >= 4 is 17.7 Å². The van der Waals surface area contributed by atoms with Crippen LogP contribution in [0.2, 0.25) is 0 Å². The molecule has 27 heavy (non-hydrogen) atoms. The van der Waals surface area contributed by atoms with E-state index in [1.165, 1.54) is 0 Å². The second kappa shape index (κ2) is 9.50. The summed E-state index contributed by atoms with van der Waals surface area (Å²) in [7, 11) is 0. The molecule has 2 rings (SSSR count). The van der Waals surface area contributed by atoms with Crippen LogP contribution in [0.5, 0.6) is 0 Å². The summed E-state index contributed by atoms with van der Waals surface area (Å²) in [6.07, 6.45) is 0.702. The third-order valence-corrected chi connectivity index (χ3v) is 4.14. The van der Waals surface area contributed by atoms with Crippen LogP contribution in [-0.2, 0) is 19.1 Å². The largest absolute Gasteiger partial charge is 0.370 e. The van der Waals surface area contributed by atoms with Gasteiger partial charge in [-0.05, 0) is 32.8 Å². The van der Waals surface area contributed by atoms with Crippen LogP contribution in [0.15, 0.2) is 30.3 Å². The van der Waals surface area contributed by atoms with Gasteiger partial charge in [-0.15, -0.1) is 0 Å². The average molecular weight is 375 g/mol. The Morgan fingerprint density at radius 2 is 1.85 bits per heavy atom. The fraction of sp³-hybridized carbons (Fsp3) is 0.550. The van der Waals surface area contributed by atoms with Crippen LogP contribution in [0.4, 0.5) is 0 Å². The van der Waals surface area contributed by atoms with E-state index in [1.54, 1.807) is 4.90 Å². The van der Waals surface area contributed by atoms with Gasteiger partial charge in [0.2, 0.25) is 5.91 Å². The molecule has 0 spiro atoms. The number of morpholine rings is 1. The Hall–Kier alpha value is -2.41. The molecule has 2 N–H and O–H groups in total. The molecule has 0 aliphatic carbocycles. The number of rotatable bonds is 5. The maximum Gasteiger partial charge on any atom is 0.309 e. The van der Waals surface area contributed by atoms with Crippen molar-refractivity contribution in [3.8, 4) is 0 Å². The van der Waals surface area contributed by atoms with Crippen molar-refractivity contribution in [2.45, 2.75) is 45.3 Å². The lowest BCUT2D eigenvalue weighted by Crippen LogP contribution is -2.48. The first kappa shape index (κ1) is 20.9. The predicted octanol–water partition coefficient (Wildman–Crippen LogP) is 1.40. The first-order chi connectivity index (χ1) is 12.8. The van der Waals surface area contributed by atoms with Crippen molar-refractivity contribution in [1.29, 1.82) is 0 Å². The van der Waals surface area contributed by atoms with Gasteiger partial charge in [0.15, 0.2) is 0 Å². The highest BCUT2D eigenvalue weighted by molar-refractivity contribution is 6.35. The van der Waals surface area contributed by atoms with Crippen molar-refractivity contribution in [1.82, 2.24) is 15.5 Å². The van der Waals surface area contributed by atoms with E-state index in [9.17, 15) is 14.4 Å². The third-order valence-electron chi connectivity index (χ3n) is 4.14. The minimum Gasteiger partial charge on any atom is -0.370 e. The molecule has 1 saturated heterocycles. The van der Waals surface area contributed by atoms with E-state index >= 15 is 0 Å². The van der Waals surface area contributed by atoms with Crippen molar-refractivity contribution in [3.05, 3.63) is 35.9 Å². The molecule has 0 saturated carbocycles. The summed E-state index contributed by atoms with van der Waals surface area (Å²) in [5.41, 5.74) is 0.600. The highest BCUT2D eigenvalue weighted by Gasteiger charge is 2.25. The van der Waals surface area contributed by atoms with Crippen LogP contribution in [0.3, 0.4) is 0 Å². The zero-order valence-corrected chi connectivity index (χ0v) is 16.3. The summed E-state index contributed by atoms with van der Waals surface area (Å²) in [6, 6.07) is 9.86. The number of ether oxygens (including phenoxy) is 1. The Labute approximate surface area is 160 Å². The lowest BCUT2D eigenvalue weighted by molar-refractivity contribution is -0.140. The van der Waals surface area contributed by atoms with Crippen molar-refractivity contribution in [3.63, 3.8) is 0 Å². The second-order valence-corrected chi connectivity index (χ2v) is 7.67. The molecule has 1 aromatic carbocycles. The Morgan fingerprint density at radius 1 is 1.15 bits per heavy atom. The van der Waals surface area contributed by atoms with E-state index in [4.69, 9.17) is 4.74 Å². The molecule has 1 heterocycles. The molecule has 1 aliphatic heterocycles. The van der Waals surface area contributed by atoms with E-state index in [-0.39, 0.29) is 18.6 Å². The fourth-order valence-electron chi connectivity index (χ4n) is 2.82.